The zero-order chi connectivity index (χ0) is 20.0. The summed E-state index contributed by atoms with van der Waals surface area (Å²) in [5, 5.41) is 23.0. The average molecular weight is 374 g/mol. The van der Waals surface area contributed by atoms with Gasteiger partial charge in [0.05, 0.1) is 17.8 Å². The molecular weight excluding hydrogens is 346 g/mol. The minimum atomic E-state index is -0.878. The van der Waals surface area contributed by atoms with Crippen LogP contribution in [0.1, 0.15) is 32.4 Å². The van der Waals surface area contributed by atoms with Crippen molar-refractivity contribution in [2.45, 2.75) is 39.2 Å². The SMILES string of the molecule is CC(C)C[C@@H](CNC(=O)[C@H](N)Cc1ccc2ccccc2[n+]1O)CC(=O)O. The van der Waals surface area contributed by atoms with Crippen molar-refractivity contribution >= 4 is 22.8 Å². The van der Waals surface area contributed by atoms with Gasteiger partial charge in [0.1, 0.15) is 0 Å². The summed E-state index contributed by atoms with van der Waals surface area (Å²) < 4.78 is 1.05. The summed E-state index contributed by atoms with van der Waals surface area (Å²) in [6.07, 6.45) is 0.888. The number of nitrogens with zero attached hydrogens (tertiary/aromatic N) is 1. The van der Waals surface area contributed by atoms with Crippen LogP contribution >= 0.6 is 0 Å². The van der Waals surface area contributed by atoms with E-state index in [1.165, 1.54) is 0 Å². The van der Waals surface area contributed by atoms with Gasteiger partial charge in [-0.2, -0.15) is 0 Å². The summed E-state index contributed by atoms with van der Waals surface area (Å²) in [6.45, 7) is 4.30. The number of pyridine rings is 1. The van der Waals surface area contributed by atoms with Gasteiger partial charge in [-0.15, -0.1) is 0 Å². The molecule has 0 saturated carbocycles. The van der Waals surface area contributed by atoms with E-state index in [1.807, 2.05) is 38.1 Å². The van der Waals surface area contributed by atoms with Crippen molar-refractivity contribution in [3.63, 3.8) is 0 Å². The summed E-state index contributed by atoms with van der Waals surface area (Å²) in [5.74, 6) is -1.04. The van der Waals surface area contributed by atoms with Crippen LogP contribution in [-0.2, 0) is 16.0 Å². The van der Waals surface area contributed by atoms with Crippen LogP contribution in [-0.4, -0.2) is 34.8 Å². The highest BCUT2D eigenvalue weighted by Crippen LogP contribution is 2.15. The molecule has 0 radical (unpaired) electrons. The van der Waals surface area contributed by atoms with Gasteiger partial charge in [-0.3, -0.25) is 14.8 Å². The number of benzene rings is 1. The number of hydrogen-bond acceptors (Lipinski definition) is 4. The van der Waals surface area contributed by atoms with E-state index >= 15 is 0 Å². The van der Waals surface area contributed by atoms with Gasteiger partial charge in [0.25, 0.3) is 5.52 Å². The Morgan fingerprint density at radius 3 is 2.56 bits per heavy atom. The molecule has 0 aliphatic heterocycles. The van der Waals surface area contributed by atoms with Crippen LogP contribution in [0.4, 0.5) is 0 Å². The minimum absolute atomic E-state index is 0.00894. The lowest BCUT2D eigenvalue weighted by Gasteiger charge is -2.19. The molecule has 7 nitrogen and oxygen atoms in total. The number of carbonyl (C=O) groups excluding carboxylic acids is 1. The lowest BCUT2D eigenvalue weighted by molar-refractivity contribution is -0.889. The summed E-state index contributed by atoms with van der Waals surface area (Å²) in [5.41, 5.74) is 7.17. The van der Waals surface area contributed by atoms with Crippen LogP contribution < -0.4 is 15.8 Å². The van der Waals surface area contributed by atoms with Crippen LogP contribution in [0.3, 0.4) is 0 Å². The maximum absolute atomic E-state index is 12.3. The van der Waals surface area contributed by atoms with E-state index in [-0.39, 0.29) is 31.2 Å². The number of amides is 1. The normalized spacial score (nSPS) is 13.5. The number of nitrogens with one attached hydrogen (secondary N) is 1. The number of nitrogens with two attached hydrogens (primary N) is 1. The summed E-state index contributed by atoms with van der Waals surface area (Å²) in [6, 6.07) is 10.1. The molecule has 0 unspecified atom stereocenters. The second-order valence-corrected chi connectivity index (χ2v) is 7.34. The lowest BCUT2D eigenvalue weighted by Crippen LogP contribution is -2.47. The van der Waals surface area contributed by atoms with Gasteiger partial charge in [0, 0.05) is 29.8 Å². The number of para-hydroxylation sites is 1. The number of hydrogen-bond donors (Lipinski definition) is 4. The van der Waals surface area contributed by atoms with Crippen molar-refractivity contribution in [2.75, 3.05) is 6.54 Å². The number of aliphatic carboxylic acids is 1. The molecular formula is C20H28N3O4+. The lowest BCUT2D eigenvalue weighted by atomic mass is 9.94. The molecule has 146 valence electrons. The molecule has 1 heterocycles. The Morgan fingerprint density at radius 2 is 1.89 bits per heavy atom. The first-order chi connectivity index (χ1) is 12.8. The molecule has 1 amide bonds. The molecule has 0 fully saturated rings. The van der Waals surface area contributed by atoms with Gasteiger partial charge in [-0.25, -0.2) is 0 Å². The fourth-order valence-corrected chi connectivity index (χ4v) is 3.23. The first-order valence-electron chi connectivity index (χ1n) is 9.15. The number of carboxylic acids is 1. The minimum Gasteiger partial charge on any atom is -0.481 e. The monoisotopic (exact) mass is 374 g/mol. The maximum atomic E-state index is 12.3. The zero-order valence-electron chi connectivity index (χ0n) is 15.8. The average Bonchev–Trinajstić information content (AvgIpc) is 2.61. The van der Waals surface area contributed by atoms with Crippen molar-refractivity contribution in [3.05, 3.63) is 42.1 Å². The van der Waals surface area contributed by atoms with Gasteiger partial charge in [0.15, 0.2) is 0 Å². The van der Waals surface area contributed by atoms with E-state index in [0.717, 1.165) is 10.1 Å². The van der Waals surface area contributed by atoms with Crippen molar-refractivity contribution in [1.29, 1.82) is 0 Å². The van der Waals surface area contributed by atoms with Crippen molar-refractivity contribution in [2.24, 2.45) is 17.6 Å². The van der Waals surface area contributed by atoms with E-state index in [1.54, 1.807) is 12.1 Å². The van der Waals surface area contributed by atoms with Crippen LogP contribution in [0.5, 0.6) is 0 Å². The molecule has 5 N–H and O–H groups in total. The van der Waals surface area contributed by atoms with Crippen LogP contribution in [0, 0.1) is 11.8 Å². The largest absolute Gasteiger partial charge is 0.481 e. The van der Waals surface area contributed by atoms with E-state index < -0.39 is 12.0 Å². The Balaban J connectivity index is 1.98. The molecule has 0 spiro atoms. The molecule has 0 bridgehead atoms. The highest BCUT2D eigenvalue weighted by atomic mass is 16.5. The molecule has 2 aromatic rings. The van der Waals surface area contributed by atoms with E-state index in [4.69, 9.17) is 10.8 Å². The topological polar surface area (TPSA) is 117 Å². The summed E-state index contributed by atoms with van der Waals surface area (Å²) in [7, 11) is 0. The highest BCUT2D eigenvalue weighted by Gasteiger charge is 2.23. The summed E-state index contributed by atoms with van der Waals surface area (Å²) >= 11 is 0. The zero-order valence-corrected chi connectivity index (χ0v) is 15.8. The van der Waals surface area contributed by atoms with E-state index in [9.17, 15) is 14.8 Å². The van der Waals surface area contributed by atoms with Crippen LogP contribution in [0.2, 0.25) is 0 Å². The quantitative estimate of drug-likeness (QED) is 0.392. The Bertz CT molecular complexity index is 807. The standard InChI is InChI=1S/C20H27N3O4/c1-13(2)9-14(10-19(24)25)12-22-20(26)17(21)11-16-8-7-15-5-3-4-6-18(15)23(16)27/h3-8,13-14,17H,9-12,21H2,1-2H3,(H2-,22,24,25,26,27)/p+1/t14-,17-/m1/s1. The summed E-state index contributed by atoms with van der Waals surface area (Å²) in [4.78, 5) is 23.3. The van der Waals surface area contributed by atoms with E-state index in [2.05, 4.69) is 5.32 Å². The van der Waals surface area contributed by atoms with Gasteiger partial charge < -0.3 is 16.2 Å². The number of rotatable bonds is 9. The van der Waals surface area contributed by atoms with Gasteiger partial charge in [-0.05, 0) is 30.4 Å². The highest BCUT2D eigenvalue weighted by molar-refractivity contribution is 5.82. The fraction of sp³-hybridized carbons (Fsp3) is 0.450. The molecule has 0 aliphatic rings. The smallest absolute Gasteiger partial charge is 0.303 e. The molecule has 0 saturated heterocycles. The first-order valence-corrected chi connectivity index (χ1v) is 9.15. The number of fused-ring (bicyclic) bond motifs is 1. The number of carboxylic acid groups (broad SMARTS) is 1. The third-order valence-electron chi connectivity index (χ3n) is 4.49. The van der Waals surface area contributed by atoms with Gasteiger partial charge >= 0.3 is 5.97 Å². The molecule has 27 heavy (non-hydrogen) atoms. The second-order valence-electron chi connectivity index (χ2n) is 7.34. The van der Waals surface area contributed by atoms with Crippen molar-refractivity contribution in [1.82, 2.24) is 5.32 Å². The maximum Gasteiger partial charge on any atom is 0.303 e. The van der Waals surface area contributed by atoms with Crippen LogP contribution in [0.15, 0.2) is 36.4 Å². The third kappa shape index (κ3) is 5.92. The first kappa shape index (κ1) is 20.6. The molecule has 2 rings (SSSR count). The number of aromatic nitrogens is 1. The van der Waals surface area contributed by atoms with Gasteiger partial charge in [0.2, 0.25) is 11.6 Å². The molecule has 0 aliphatic carbocycles. The Morgan fingerprint density at radius 1 is 1.19 bits per heavy atom. The Kier molecular flexibility index (Phi) is 7.12. The molecule has 1 aromatic carbocycles. The van der Waals surface area contributed by atoms with Crippen molar-refractivity contribution in [3.8, 4) is 0 Å². The van der Waals surface area contributed by atoms with Crippen LogP contribution in [0.25, 0.3) is 10.9 Å². The fourth-order valence-electron chi connectivity index (χ4n) is 3.23. The van der Waals surface area contributed by atoms with Crippen molar-refractivity contribution < 1.29 is 24.6 Å². The second kappa shape index (κ2) is 9.32. The van der Waals surface area contributed by atoms with E-state index in [0.29, 0.717) is 23.5 Å². The molecule has 2 atom stereocenters. The Labute approximate surface area is 158 Å². The predicted molar refractivity (Wildman–Crippen MR) is 101 cm³/mol. The molecule has 7 heteroatoms. The van der Waals surface area contributed by atoms with Gasteiger partial charge in [-0.1, -0.05) is 26.0 Å². The Hall–Kier alpha value is -2.67. The third-order valence-corrected chi connectivity index (χ3v) is 4.49. The number of carbonyl (C=O) groups is 2. The predicted octanol–water partition coefficient (Wildman–Crippen LogP) is 1.49. The molecule has 1 aromatic heterocycles.